The maximum absolute atomic E-state index is 13.1. The minimum Gasteiger partial charge on any atom is -0.493 e. The maximum Gasteiger partial charge on any atom is 0.258 e. The minimum atomic E-state index is -0.213. The lowest BCUT2D eigenvalue weighted by atomic mass is 10.1. The van der Waals surface area contributed by atoms with Gasteiger partial charge in [-0.2, -0.15) is 0 Å². The van der Waals surface area contributed by atoms with Crippen LogP contribution in [0.3, 0.4) is 0 Å². The molecule has 1 saturated heterocycles. The Labute approximate surface area is 201 Å². The predicted octanol–water partition coefficient (Wildman–Crippen LogP) is 2.78. The van der Waals surface area contributed by atoms with Crippen LogP contribution in [-0.4, -0.2) is 72.6 Å². The van der Waals surface area contributed by atoms with Crippen molar-refractivity contribution in [3.8, 4) is 11.5 Å². The molecule has 2 heterocycles. The Morgan fingerprint density at radius 1 is 1.03 bits per heavy atom. The molecule has 0 unspecified atom stereocenters. The van der Waals surface area contributed by atoms with E-state index in [9.17, 15) is 9.59 Å². The molecule has 9 heteroatoms. The van der Waals surface area contributed by atoms with Crippen LogP contribution in [-0.2, 0) is 4.79 Å². The molecule has 0 atom stereocenters. The van der Waals surface area contributed by atoms with Gasteiger partial charge in [-0.3, -0.25) is 9.59 Å². The number of amides is 2. The van der Waals surface area contributed by atoms with E-state index in [4.69, 9.17) is 14.5 Å². The average molecular weight is 470 g/mol. The molecule has 184 valence electrons. The van der Waals surface area contributed by atoms with Crippen LogP contribution in [0.5, 0.6) is 11.5 Å². The second kappa shape index (κ2) is 11.2. The van der Waals surface area contributed by atoms with Gasteiger partial charge >= 0.3 is 0 Å². The van der Waals surface area contributed by atoms with Gasteiger partial charge in [-0.15, -0.1) is 0 Å². The van der Waals surface area contributed by atoms with E-state index in [2.05, 4.69) is 29.0 Å². The van der Waals surface area contributed by atoms with E-state index in [0.29, 0.717) is 43.2 Å². The van der Waals surface area contributed by atoms with Crippen LogP contribution in [0.15, 0.2) is 24.3 Å². The zero-order valence-corrected chi connectivity index (χ0v) is 20.9. The fourth-order valence-electron chi connectivity index (χ4n) is 3.74. The Hall–Kier alpha value is -3.36. The highest BCUT2D eigenvalue weighted by atomic mass is 16.5. The number of nitrogens with one attached hydrogen (secondary N) is 1. The summed E-state index contributed by atoms with van der Waals surface area (Å²) in [5, 5.41) is 2.77. The van der Waals surface area contributed by atoms with E-state index in [0.717, 1.165) is 17.3 Å². The normalized spacial score (nSPS) is 13.9. The lowest BCUT2D eigenvalue weighted by Gasteiger charge is -2.35. The van der Waals surface area contributed by atoms with Crippen molar-refractivity contribution in [1.82, 2.24) is 20.2 Å². The molecule has 9 nitrogen and oxygen atoms in total. The van der Waals surface area contributed by atoms with Gasteiger partial charge in [0.15, 0.2) is 18.1 Å². The van der Waals surface area contributed by atoms with Crippen molar-refractivity contribution in [2.24, 2.45) is 0 Å². The number of anilines is 1. The van der Waals surface area contributed by atoms with Crippen LogP contribution in [0.25, 0.3) is 0 Å². The van der Waals surface area contributed by atoms with Crippen LogP contribution in [0.4, 0.5) is 5.82 Å². The number of carbonyl (C=O) groups is 2. The molecule has 1 aliphatic heterocycles. The molecule has 34 heavy (non-hydrogen) atoms. The second-order valence-corrected chi connectivity index (χ2v) is 9.04. The Morgan fingerprint density at radius 2 is 1.74 bits per heavy atom. The molecule has 0 radical (unpaired) electrons. The molecule has 3 rings (SSSR count). The van der Waals surface area contributed by atoms with E-state index in [-0.39, 0.29) is 30.4 Å². The van der Waals surface area contributed by atoms with Crippen molar-refractivity contribution in [2.75, 3.05) is 44.8 Å². The zero-order valence-electron chi connectivity index (χ0n) is 20.9. The summed E-state index contributed by atoms with van der Waals surface area (Å²) >= 11 is 0. The van der Waals surface area contributed by atoms with Crippen molar-refractivity contribution >= 4 is 17.6 Å². The third kappa shape index (κ3) is 6.36. The van der Waals surface area contributed by atoms with Crippen molar-refractivity contribution in [3.63, 3.8) is 0 Å². The van der Waals surface area contributed by atoms with E-state index < -0.39 is 0 Å². The van der Waals surface area contributed by atoms with Gasteiger partial charge in [-0.25, -0.2) is 9.97 Å². The molecular formula is C25H35N5O4. The number of hydrogen-bond donors (Lipinski definition) is 1. The fourth-order valence-corrected chi connectivity index (χ4v) is 3.74. The van der Waals surface area contributed by atoms with Crippen LogP contribution in [0.1, 0.15) is 55.5 Å². The number of rotatable bonds is 8. The second-order valence-electron chi connectivity index (χ2n) is 9.04. The Morgan fingerprint density at radius 3 is 2.35 bits per heavy atom. The van der Waals surface area contributed by atoms with E-state index in [1.54, 1.807) is 18.2 Å². The van der Waals surface area contributed by atoms with Gasteiger partial charge in [0.05, 0.1) is 7.11 Å². The fraction of sp³-hybridized carbons (Fsp3) is 0.520. The molecule has 0 spiro atoms. The molecule has 0 aliphatic carbocycles. The number of benzene rings is 1. The lowest BCUT2D eigenvalue weighted by molar-refractivity contribution is -0.123. The Kier molecular flexibility index (Phi) is 8.31. The summed E-state index contributed by atoms with van der Waals surface area (Å²) in [6.45, 7) is 12.4. The third-order valence-electron chi connectivity index (χ3n) is 5.48. The van der Waals surface area contributed by atoms with Gasteiger partial charge in [0.2, 0.25) is 0 Å². The number of piperazine rings is 1. The molecule has 0 bridgehead atoms. The monoisotopic (exact) mass is 469 g/mol. The van der Waals surface area contributed by atoms with Gasteiger partial charge in [0, 0.05) is 55.5 Å². The van der Waals surface area contributed by atoms with Crippen molar-refractivity contribution in [2.45, 2.75) is 46.6 Å². The number of methoxy groups -OCH3 is 1. The topological polar surface area (TPSA) is 96.9 Å². The smallest absolute Gasteiger partial charge is 0.258 e. The standard InChI is InChI=1S/C25H35N5O4/c1-16(2)24-27-18(5)13-22(28-24)29-9-11-30(12-10-29)25(32)19-7-8-20(21(14-19)33-6)34-15-23(31)26-17(3)4/h7-8,13-14,16-17H,9-12,15H2,1-6H3,(H,26,31). The highest BCUT2D eigenvalue weighted by Gasteiger charge is 2.24. The highest BCUT2D eigenvalue weighted by molar-refractivity contribution is 5.95. The molecule has 1 aromatic heterocycles. The summed E-state index contributed by atoms with van der Waals surface area (Å²) in [4.78, 5) is 38.3. The van der Waals surface area contributed by atoms with Crippen molar-refractivity contribution < 1.29 is 19.1 Å². The highest BCUT2D eigenvalue weighted by Crippen LogP contribution is 2.29. The largest absolute Gasteiger partial charge is 0.493 e. The van der Waals surface area contributed by atoms with Gasteiger partial charge < -0.3 is 24.6 Å². The van der Waals surface area contributed by atoms with Crippen LogP contribution in [0.2, 0.25) is 0 Å². The van der Waals surface area contributed by atoms with E-state index >= 15 is 0 Å². The SMILES string of the molecule is COc1cc(C(=O)N2CCN(c3cc(C)nc(C(C)C)n3)CC2)ccc1OCC(=O)NC(C)C. The Bertz CT molecular complexity index is 1020. The summed E-state index contributed by atoms with van der Waals surface area (Å²) < 4.78 is 11.0. The average Bonchev–Trinajstić information content (AvgIpc) is 2.81. The van der Waals surface area contributed by atoms with Crippen molar-refractivity contribution in [1.29, 1.82) is 0 Å². The van der Waals surface area contributed by atoms with Crippen molar-refractivity contribution in [3.05, 3.63) is 41.3 Å². The molecular weight excluding hydrogens is 434 g/mol. The molecule has 1 aliphatic rings. The van der Waals surface area contributed by atoms with E-state index in [1.165, 1.54) is 7.11 Å². The number of aryl methyl sites for hydroxylation is 1. The summed E-state index contributed by atoms with van der Waals surface area (Å²) in [5.74, 6) is 2.56. The number of ether oxygens (including phenoxy) is 2. The summed E-state index contributed by atoms with van der Waals surface area (Å²) in [6, 6.07) is 7.06. The van der Waals surface area contributed by atoms with Crippen LogP contribution in [0, 0.1) is 6.92 Å². The molecule has 2 aromatic rings. The first kappa shape index (κ1) is 25.3. The summed E-state index contributed by atoms with van der Waals surface area (Å²) in [6.07, 6.45) is 0. The zero-order chi connectivity index (χ0) is 24.8. The first-order valence-corrected chi connectivity index (χ1v) is 11.7. The molecule has 0 saturated carbocycles. The number of nitrogens with zero attached hydrogens (tertiary/aromatic N) is 4. The first-order valence-electron chi connectivity index (χ1n) is 11.7. The molecule has 1 fully saturated rings. The first-order chi connectivity index (χ1) is 16.2. The van der Waals surface area contributed by atoms with Crippen LogP contribution < -0.4 is 19.7 Å². The lowest BCUT2D eigenvalue weighted by Crippen LogP contribution is -2.49. The minimum absolute atomic E-state index is 0.0362. The Balaban J connectivity index is 1.63. The molecule has 2 amide bonds. The van der Waals surface area contributed by atoms with Gasteiger partial charge in [0.1, 0.15) is 11.6 Å². The summed E-state index contributed by atoms with van der Waals surface area (Å²) in [5.41, 5.74) is 1.47. The molecule has 1 aromatic carbocycles. The van der Waals surface area contributed by atoms with Crippen LogP contribution >= 0.6 is 0 Å². The number of aromatic nitrogens is 2. The third-order valence-corrected chi connectivity index (χ3v) is 5.48. The van der Waals surface area contributed by atoms with Gasteiger partial charge in [-0.05, 0) is 39.0 Å². The quantitative estimate of drug-likeness (QED) is 0.635. The summed E-state index contributed by atoms with van der Waals surface area (Å²) in [7, 11) is 1.51. The predicted molar refractivity (Wildman–Crippen MR) is 131 cm³/mol. The number of carbonyl (C=O) groups excluding carboxylic acids is 2. The van der Waals surface area contributed by atoms with E-state index in [1.807, 2.05) is 31.7 Å². The molecule has 1 N–H and O–H groups in total. The maximum atomic E-state index is 13.1. The number of hydrogen-bond acceptors (Lipinski definition) is 7. The van der Waals surface area contributed by atoms with Gasteiger partial charge in [0.25, 0.3) is 11.8 Å². The van der Waals surface area contributed by atoms with Gasteiger partial charge in [-0.1, -0.05) is 13.8 Å².